The molecule has 0 bridgehead atoms. The minimum atomic E-state index is -4.47. The number of methoxy groups -OCH3 is 1. The van der Waals surface area contributed by atoms with Crippen molar-refractivity contribution in [3.05, 3.63) is 178 Å². The maximum Gasteiger partial charge on any atom is 0.128 e. The Hall–Kier alpha value is -5.59. The minimum Gasteiger partial charge on any atom is -0.744 e. The van der Waals surface area contributed by atoms with Crippen LogP contribution in [0.25, 0.3) is 11.1 Å². The van der Waals surface area contributed by atoms with Crippen LogP contribution in [0, 0.1) is 13.8 Å². The Bertz CT molecular complexity index is 2780. The molecule has 11 heteroatoms. The number of hydrogen-bond acceptors (Lipinski definition) is 8. The Balaban J connectivity index is 0.000000212. The van der Waals surface area contributed by atoms with Crippen molar-refractivity contribution in [3.8, 4) is 28.4 Å². The first kappa shape index (κ1) is 48.9. The Morgan fingerprint density at radius 2 is 0.882 bits per heavy atom. The van der Waals surface area contributed by atoms with Gasteiger partial charge in [-0.3, -0.25) is 0 Å². The van der Waals surface area contributed by atoms with Crippen LogP contribution in [0.4, 0.5) is 34.1 Å². The molecule has 2 fully saturated rings. The molecule has 8 nitrogen and oxygen atoms in total. The molecule has 0 amide bonds. The van der Waals surface area contributed by atoms with Crippen molar-refractivity contribution >= 4 is 76.1 Å². The van der Waals surface area contributed by atoms with Crippen LogP contribution in [0.2, 0.25) is 0 Å². The van der Waals surface area contributed by atoms with Gasteiger partial charge >= 0.3 is 0 Å². The summed E-state index contributed by atoms with van der Waals surface area (Å²) in [6.07, 6.45) is 12.8. The summed E-state index contributed by atoms with van der Waals surface area (Å²) in [5, 5.41) is 0. The Morgan fingerprint density at radius 1 is 0.500 bits per heavy atom. The summed E-state index contributed by atoms with van der Waals surface area (Å²) in [6, 6.07) is 51.6. The van der Waals surface area contributed by atoms with Crippen LogP contribution in [-0.4, -0.2) is 32.3 Å². The largest absolute Gasteiger partial charge is 0.744 e. The van der Waals surface area contributed by atoms with Crippen LogP contribution in [0.3, 0.4) is 0 Å². The maximum atomic E-state index is 11.1. The number of anilines is 6. The fourth-order valence-corrected chi connectivity index (χ4v) is 9.89. The van der Waals surface area contributed by atoms with Gasteiger partial charge in [-0.15, -0.1) is 0 Å². The van der Waals surface area contributed by atoms with E-state index in [4.69, 9.17) is 14.2 Å². The third-order valence-electron chi connectivity index (χ3n) is 12.6. The molecule has 0 spiro atoms. The number of nitrogens with zero attached hydrogens (tertiary/aromatic N) is 2. The molecule has 2 aliphatic rings. The van der Waals surface area contributed by atoms with Crippen molar-refractivity contribution in [2.45, 2.75) is 95.2 Å². The highest BCUT2D eigenvalue weighted by atomic mass is 79.9. The lowest BCUT2D eigenvalue weighted by Crippen LogP contribution is -2.21. The molecule has 9 rings (SSSR count). The third kappa shape index (κ3) is 12.5. The van der Waals surface area contributed by atoms with Crippen LogP contribution < -0.4 is 24.0 Å². The van der Waals surface area contributed by atoms with Gasteiger partial charge in [-0.05, 0) is 210 Å². The molecule has 0 N–H and O–H groups in total. The van der Waals surface area contributed by atoms with Crippen LogP contribution in [0.5, 0.6) is 17.2 Å². The number of rotatable bonds is 13. The van der Waals surface area contributed by atoms with Crippen molar-refractivity contribution in [2.24, 2.45) is 0 Å². The molecule has 68 heavy (non-hydrogen) atoms. The van der Waals surface area contributed by atoms with Gasteiger partial charge in [-0.25, -0.2) is 8.42 Å². The normalized spacial score (nSPS) is 14.3. The fraction of sp³-hybridized carbons (Fsp3) is 0.263. The SMILES string of the molecule is COc1ccc(N(c2ccc(C)cc2)c2ccc(-c3cc(OC4CCCCC4)c(C)cc3OC3CCCCC3)cc2)cc1.O=S(=O)([O-])c1ccc(N(c2ccc(Br)cc2)c2ccc(Br)cc2)cc1. The molecule has 0 aromatic heterocycles. The van der Waals surface area contributed by atoms with Crippen molar-refractivity contribution in [1.29, 1.82) is 0 Å². The zero-order chi connectivity index (χ0) is 47.6. The Labute approximate surface area is 418 Å². The summed E-state index contributed by atoms with van der Waals surface area (Å²) < 4.78 is 54.2. The summed E-state index contributed by atoms with van der Waals surface area (Å²) in [4.78, 5) is 4.01. The second-order valence-corrected chi connectivity index (χ2v) is 20.7. The lowest BCUT2D eigenvalue weighted by atomic mass is 9.96. The van der Waals surface area contributed by atoms with Gasteiger partial charge in [0.05, 0.1) is 24.2 Å². The van der Waals surface area contributed by atoms with Gasteiger partial charge in [-0.1, -0.05) is 74.5 Å². The smallest absolute Gasteiger partial charge is 0.128 e. The molecular weight excluding hydrogens is 1000 g/mol. The van der Waals surface area contributed by atoms with Crippen molar-refractivity contribution in [2.75, 3.05) is 16.9 Å². The van der Waals surface area contributed by atoms with E-state index in [0.29, 0.717) is 6.10 Å². The van der Waals surface area contributed by atoms with E-state index >= 15 is 0 Å². The van der Waals surface area contributed by atoms with E-state index in [0.717, 1.165) is 103 Å². The standard InChI is InChI=1S/C39H45NO3.C18H13Br2NO3S/c1-28-14-18-31(19-15-28)40(33-22-24-34(41-3)25-23-33)32-20-16-30(17-21-32)37-27-38(42-35-10-6-4-7-11-35)29(2)26-39(37)43-36-12-8-5-9-13-36;19-13-1-5-15(6-2-13)21(16-7-3-14(20)4-8-16)17-9-11-18(12-10-17)25(22,23)24/h14-27,35-36H,4-13H2,1-3H3;1-12H,(H,22,23,24)/p-1. The third-order valence-corrected chi connectivity index (χ3v) is 14.5. The predicted octanol–water partition coefficient (Wildman–Crippen LogP) is 16.5. The summed E-state index contributed by atoms with van der Waals surface area (Å²) in [5.41, 5.74) is 10.5. The summed E-state index contributed by atoms with van der Waals surface area (Å²) >= 11 is 6.84. The average molecular weight is 1060 g/mol. The molecule has 0 saturated heterocycles. The first-order valence-electron chi connectivity index (χ1n) is 23.4. The number of aryl methyl sites for hydroxylation is 2. The van der Waals surface area contributed by atoms with Gasteiger partial charge < -0.3 is 28.6 Å². The van der Waals surface area contributed by atoms with E-state index in [2.05, 4.69) is 123 Å². The minimum absolute atomic E-state index is 0.247. The molecule has 2 saturated carbocycles. The van der Waals surface area contributed by atoms with Crippen LogP contribution in [0.1, 0.15) is 75.3 Å². The highest BCUT2D eigenvalue weighted by molar-refractivity contribution is 9.10. The number of benzene rings is 7. The fourth-order valence-electron chi connectivity index (χ4n) is 8.89. The first-order chi connectivity index (χ1) is 32.9. The van der Waals surface area contributed by atoms with E-state index in [1.165, 1.54) is 56.2 Å². The second-order valence-electron chi connectivity index (χ2n) is 17.5. The monoisotopic (exact) mass is 1060 g/mol. The topological polar surface area (TPSA) is 91.4 Å². The summed E-state index contributed by atoms with van der Waals surface area (Å²) in [6.45, 7) is 4.28. The summed E-state index contributed by atoms with van der Waals surface area (Å²) in [5.74, 6) is 2.80. The predicted molar refractivity (Wildman–Crippen MR) is 282 cm³/mol. The van der Waals surface area contributed by atoms with E-state index in [-0.39, 0.29) is 11.0 Å². The molecule has 0 atom stereocenters. The van der Waals surface area contributed by atoms with Crippen LogP contribution in [0.15, 0.2) is 172 Å². The Morgan fingerprint density at radius 3 is 1.31 bits per heavy atom. The molecule has 7 aromatic carbocycles. The van der Waals surface area contributed by atoms with Crippen LogP contribution in [-0.2, 0) is 10.1 Å². The lowest BCUT2D eigenvalue weighted by Gasteiger charge is -2.28. The average Bonchev–Trinajstić information content (AvgIpc) is 3.35. The molecule has 352 valence electrons. The highest BCUT2D eigenvalue weighted by Crippen LogP contribution is 2.42. The number of halogens is 2. The van der Waals surface area contributed by atoms with E-state index in [1.54, 1.807) is 19.2 Å². The number of hydrogen-bond donors (Lipinski definition) is 0. The van der Waals surface area contributed by atoms with Gasteiger partial charge in [-0.2, -0.15) is 0 Å². The van der Waals surface area contributed by atoms with Crippen LogP contribution >= 0.6 is 31.9 Å². The molecule has 0 heterocycles. The zero-order valence-corrected chi connectivity index (χ0v) is 42.7. The first-order valence-corrected chi connectivity index (χ1v) is 26.4. The van der Waals surface area contributed by atoms with Gasteiger partial charge in [0.25, 0.3) is 0 Å². The number of ether oxygens (including phenoxy) is 3. The van der Waals surface area contributed by atoms with E-state index in [1.807, 2.05) is 65.6 Å². The van der Waals surface area contributed by atoms with Crippen molar-refractivity contribution in [3.63, 3.8) is 0 Å². The molecule has 0 radical (unpaired) electrons. The van der Waals surface area contributed by atoms with Gasteiger partial charge in [0.2, 0.25) is 0 Å². The Kier molecular flexibility index (Phi) is 16.3. The highest BCUT2D eigenvalue weighted by Gasteiger charge is 2.22. The molecule has 0 unspecified atom stereocenters. The van der Waals surface area contributed by atoms with Gasteiger partial charge in [0.15, 0.2) is 0 Å². The molecule has 0 aliphatic heterocycles. The van der Waals surface area contributed by atoms with Crippen molar-refractivity contribution in [1.82, 2.24) is 0 Å². The molecular formula is C57H57Br2N2O6S-. The zero-order valence-electron chi connectivity index (χ0n) is 38.7. The van der Waals surface area contributed by atoms with E-state index < -0.39 is 10.1 Å². The van der Waals surface area contributed by atoms with Gasteiger partial charge in [0, 0.05) is 48.6 Å². The maximum absolute atomic E-state index is 11.1. The molecule has 2 aliphatic carbocycles. The van der Waals surface area contributed by atoms with Gasteiger partial charge in [0.1, 0.15) is 27.4 Å². The second kappa shape index (κ2) is 22.7. The van der Waals surface area contributed by atoms with E-state index in [9.17, 15) is 13.0 Å². The van der Waals surface area contributed by atoms with Crippen molar-refractivity contribution < 1.29 is 27.2 Å². The summed E-state index contributed by atoms with van der Waals surface area (Å²) in [7, 11) is -2.76. The quantitative estimate of drug-likeness (QED) is 0.106. The molecule has 7 aromatic rings. The lowest BCUT2D eigenvalue weighted by molar-refractivity contribution is 0.150.